The molecule has 18 heteroatoms. The second-order valence-corrected chi connectivity index (χ2v) is 14.0. The summed E-state index contributed by atoms with van der Waals surface area (Å²) >= 11 is 5.46. The number of likely N-dealkylation sites (N-methyl/N-ethyl adjacent to an activating group) is 1. The lowest BCUT2D eigenvalue weighted by Crippen LogP contribution is -2.48. The Kier molecular flexibility index (Phi) is 26.5. The van der Waals surface area contributed by atoms with E-state index in [2.05, 4.69) is 72.2 Å². The van der Waals surface area contributed by atoms with Gasteiger partial charge in [-0.1, -0.05) is 55.8 Å². The van der Waals surface area contributed by atoms with Crippen LogP contribution in [0.4, 0.5) is 10.5 Å². The second kappa shape index (κ2) is 31.2. The van der Waals surface area contributed by atoms with Crippen molar-refractivity contribution in [3.8, 4) is 0 Å². The number of urea groups is 1. The first-order valence-electron chi connectivity index (χ1n) is 20.1. The van der Waals surface area contributed by atoms with Crippen LogP contribution in [0.1, 0.15) is 63.0 Å². The summed E-state index contributed by atoms with van der Waals surface area (Å²) in [7, 11) is 0. The summed E-state index contributed by atoms with van der Waals surface area (Å²) in [5, 5.41) is 48.6. The molecule has 4 amide bonds. The van der Waals surface area contributed by atoms with Gasteiger partial charge in [-0.15, -0.1) is 0 Å². The minimum absolute atomic E-state index is 0.0788. The number of hydrogen-bond donors (Lipinski definition) is 12. The van der Waals surface area contributed by atoms with E-state index >= 15 is 0 Å². The van der Waals surface area contributed by atoms with Gasteiger partial charge in [0.05, 0.1) is 0 Å². The average molecular weight is 829 g/mol. The maximum absolute atomic E-state index is 13.1. The molecule has 0 bridgehead atoms. The fourth-order valence-corrected chi connectivity index (χ4v) is 5.84. The summed E-state index contributed by atoms with van der Waals surface area (Å²) in [5.74, 6) is -3.09. The van der Waals surface area contributed by atoms with Crippen LogP contribution in [0.2, 0.25) is 0 Å². The summed E-state index contributed by atoms with van der Waals surface area (Å²) in [5.41, 5.74) is 2.97. The fourth-order valence-electron chi connectivity index (χ4n) is 5.62. The van der Waals surface area contributed by atoms with E-state index in [1.54, 1.807) is 0 Å². The van der Waals surface area contributed by atoms with Gasteiger partial charge in [0, 0.05) is 77.4 Å². The fraction of sp³-hybridized carbons (Fsp3) is 0.550. The van der Waals surface area contributed by atoms with Gasteiger partial charge >= 0.3 is 18.0 Å². The molecule has 0 aliphatic carbocycles. The molecule has 0 fully saturated rings. The molecule has 0 spiro atoms. The Morgan fingerprint density at radius 1 is 0.638 bits per heavy atom. The van der Waals surface area contributed by atoms with Crippen LogP contribution in [-0.2, 0) is 32.1 Å². The Morgan fingerprint density at radius 2 is 1.28 bits per heavy atom. The van der Waals surface area contributed by atoms with Crippen molar-refractivity contribution in [1.82, 2.24) is 47.9 Å². The number of benzene rings is 2. The number of unbranched alkanes of at least 4 members (excludes halogenated alkanes) is 3. The molecule has 17 nitrogen and oxygen atoms in total. The van der Waals surface area contributed by atoms with Gasteiger partial charge in [-0.05, 0) is 74.1 Å². The zero-order valence-electron chi connectivity index (χ0n) is 33.6. The molecule has 2 unspecified atom stereocenters. The minimum atomic E-state index is -1.26. The maximum atomic E-state index is 13.1. The number of carbonyl (C=O) groups excluding carboxylic acids is 3. The molecule has 0 aromatic heterocycles. The van der Waals surface area contributed by atoms with Crippen LogP contribution in [-0.4, -0.2) is 123 Å². The number of carboxylic acid groups (broad SMARTS) is 2. The smallest absolute Gasteiger partial charge is 0.326 e. The predicted molar refractivity (Wildman–Crippen MR) is 230 cm³/mol. The van der Waals surface area contributed by atoms with E-state index < -0.39 is 36.6 Å². The van der Waals surface area contributed by atoms with Crippen LogP contribution in [0, 0.1) is 0 Å². The third kappa shape index (κ3) is 24.7. The molecule has 0 heterocycles. The SMILES string of the molecule is CCNCCNCCNCCNCc1ccc(NC(=S)NCCCCCC(=O)NC(Cc2ccccc2)C(=O)NCCCCC(NC(=O)NCC(=O)O)C(=O)O)cc1. The highest BCUT2D eigenvalue weighted by molar-refractivity contribution is 7.80. The molecule has 0 aliphatic rings. The molecule has 2 aromatic rings. The summed E-state index contributed by atoms with van der Waals surface area (Å²) in [6.07, 6.45) is 3.66. The van der Waals surface area contributed by atoms with E-state index in [0.717, 1.165) is 76.5 Å². The van der Waals surface area contributed by atoms with E-state index in [9.17, 15) is 29.1 Å². The number of rotatable bonds is 32. The Balaban J connectivity index is 1.62. The first kappa shape index (κ1) is 49.3. The van der Waals surface area contributed by atoms with E-state index in [1.807, 2.05) is 42.5 Å². The zero-order chi connectivity index (χ0) is 42.2. The molecule has 0 saturated carbocycles. The average Bonchev–Trinajstić information content (AvgIpc) is 3.20. The molecule has 322 valence electrons. The molecule has 2 aromatic carbocycles. The Hall–Kier alpha value is -4.88. The molecular formula is C40H64N10O7S. The number of carbonyl (C=O) groups is 5. The number of aliphatic carboxylic acids is 2. The van der Waals surface area contributed by atoms with E-state index in [0.29, 0.717) is 37.3 Å². The lowest BCUT2D eigenvalue weighted by molar-refractivity contribution is -0.139. The lowest BCUT2D eigenvalue weighted by Gasteiger charge is -2.19. The lowest BCUT2D eigenvalue weighted by atomic mass is 10.0. The van der Waals surface area contributed by atoms with Gasteiger partial charge < -0.3 is 63.4 Å². The highest BCUT2D eigenvalue weighted by Crippen LogP contribution is 2.10. The van der Waals surface area contributed by atoms with Crippen molar-refractivity contribution in [2.75, 3.05) is 70.8 Å². The Labute approximate surface area is 347 Å². The van der Waals surface area contributed by atoms with Crippen molar-refractivity contribution in [3.05, 3.63) is 65.7 Å². The van der Waals surface area contributed by atoms with E-state index in [1.165, 1.54) is 5.56 Å². The number of nitrogens with one attached hydrogen (secondary N) is 10. The summed E-state index contributed by atoms with van der Waals surface area (Å²) in [6.45, 7) is 9.79. The van der Waals surface area contributed by atoms with Gasteiger partial charge in [0.25, 0.3) is 0 Å². The number of anilines is 1. The van der Waals surface area contributed by atoms with E-state index in [4.69, 9.17) is 17.3 Å². The summed E-state index contributed by atoms with van der Waals surface area (Å²) in [6, 6.07) is 14.6. The zero-order valence-corrected chi connectivity index (χ0v) is 34.4. The van der Waals surface area contributed by atoms with Gasteiger partial charge in [0.2, 0.25) is 11.8 Å². The third-order valence-electron chi connectivity index (χ3n) is 8.75. The van der Waals surface area contributed by atoms with Crippen LogP contribution < -0.4 is 53.2 Å². The normalized spacial score (nSPS) is 11.8. The largest absolute Gasteiger partial charge is 0.480 e. The van der Waals surface area contributed by atoms with Gasteiger partial charge in [-0.2, -0.15) is 0 Å². The van der Waals surface area contributed by atoms with Crippen LogP contribution in [0.5, 0.6) is 0 Å². The number of carboxylic acids is 2. The maximum Gasteiger partial charge on any atom is 0.326 e. The molecule has 0 radical (unpaired) electrons. The summed E-state index contributed by atoms with van der Waals surface area (Å²) in [4.78, 5) is 59.9. The molecule has 0 saturated heterocycles. The number of thiocarbonyl (C=S) groups is 1. The van der Waals surface area contributed by atoms with Crippen LogP contribution in [0.3, 0.4) is 0 Å². The number of hydrogen-bond acceptors (Lipinski definition) is 10. The van der Waals surface area contributed by atoms with Gasteiger partial charge in [-0.25, -0.2) is 9.59 Å². The molecule has 2 atom stereocenters. The molecule has 2 rings (SSSR count). The van der Waals surface area contributed by atoms with Crippen molar-refractivity contribution < 1.29 is 34.2 Å². The van der Waals surface area contributed by atoms with Gasteiger partial charge in [0.15, 0.2) is 5.11 Å². The van der Waals surface area contributed by atoms with Gasteiger partial charge in [-0.3, -0.25) is 14.4 Å². The predicted octanol–water partition coefficient (Wildman–Crippen LogP) is 1.26. The quantitative estimate of drug-likeness (QED) is 0.0367. The summed E-state index contributed by atoms with van der Waals surface area (Å²) < 4.78 is 0. The van der Waals surface area contributed by atoms with Gasteiger partial charge in [0.1, 0.15) is 18.6 Å². The van der Waals surface area contributed by atoms with Crippen molar-refractivity contribution >= 4 is 52.8 Å². The van der Waals surface area contributed by atoms with Crippen molar-refractivity contribution in [2.45, 2.75) is 76.9 Å². The third-order valence-corrected chi connectivity index (χ3v) is 9.00. The number of amides is 4. The molecular weight excluding hydrogens is 765 g/mol. The van der Waals surface area contributed by atoms with Crippen LogP contribution in [0.25, 0.3) is 0 Å². The van der Waals surface area contributed by atoms with Crippen LogP contribution in [0.15, 0.2) is 54.6 Å². The van der Waals surface area contributed by atoms with Crippen molar-refractivity contribution in [1.29, 1.82) is 0 Å². The van der Waals surface area contributed by atoms with E-state index in [-0.39, 0.29) is 31.2 Å². The Bertz CT molecular complexity index is 1500. The topological polar surface area (TPSA) is 246 Å². The Morgan fingerprint density at radius 3 is 1.93 bits per heavy atom. The monoisotopic (exact) mass is 828 g/mol. The molecule has 12 N–H and O–H groups in total. The molecule has 58 heavy (non-hydrogen) atoms. The highest BCUT2D eigenvalue weighted by atomic mass is 32.1. The first-order chi connectivity index (χ1) is 28.1. The minimum Gasteiger partial charge on any atom is -0.480 e. The second-order valence-electron chi connectivity index (χ2n) is 13.6. The first-order valence-corrected chi connectivity index (χ1v) is 20.5. The van der Waals surface area contributed by atoms with Crippen LogP contribution >= 0.6 is 12.2 Å². The van der Waals surface area contributed by atoms with Crippen molar-refractivity contribution in [2.24, 2.45) is 0 Å². The van der Waals surface area contributed by atoms with Crippen molar-refractivity contribution in [3.63, 3.8) is 0 Å². The standard InChI is InChI=1S/C40H64N10O7S/c1-2-41-21-22-42-23-24-43-25-26-44-28-31-15-17-32(18-16-31)48-40(58)46-20-9-4-7-14-35(51)49-34(27-30-11-5-3-6-12-30)37(54)45-19-10-8-13-33(38(55)56)50-39(57)47-29-36(52)53/h3,5-6,11-12,15-18,33-34,41-44H,2,4,7-10,13-14,19-29H2,1H3,(H,45,54)(H,49,51)(H,52,53)(H,55,56)(H2,46,48,58)(H2,47,50,57). The highest BCUT2D eigenvalue weighted by Gasteiger charge is 2.22. The molecule has 0 aliphatic heterocycles.